The maximum absolute atomic E-state index is 2.42. The second kappa shape index (κ2) is 3.76. The molecule has 0 radical (unpaired) electrons. The van der Waals surface area contributed by atoms with Gasteiger partial charge in [0.15, 0.2) is 0 Å². The lowest BCUT2D eigenvalue weighted by Crippen LogP contribution is -1.96. The lowest BCUT2D eigenvalue weighted by Gasteiger charge is -2.08. The summed E-state index contributed by atoms with van der Waals surface area (Å²) >= 11 is 0. The molecule has 1 aromatic rings. The van der Waals surface area contributed by atoms with Crippen LogP contribution >= 0.6 is 0 Å². The molecule has 2 rings (SSSR count). The number of rotatable bonds is 3. The van der Waals surface area contributed by atoms with E-state index in [1.54, 1.807) is 5.56 Å². The third-order valence-electron chi connectivity index (χ3n) is 2.85. The van der Waals surface area contributed by atoms with Crippen molar-refractivity contribution in [3.63, 3.8) is 0 Å². The van der Waals surface area contributed by atoms with Crippen LogP contribution in [-0.4, -0.2) is 0 Å². The summed E-state index contributed by atoms with van der Waals surface area (Å²) in [6, 6.07) is 7.12. The van der Waals surface area contributed by atoms with Gasteiger partial charge >= 0.3 is 0 Å². The highest BCUT2D eigenvalue weighted by Crippen LogP contribution is 2.40. The van der Waals surface area contributed by atoms with Crippen molar-refractivity contribution in [2.24, 2.45) is 5.92 Å². The highest BCUT2D eigenvalue weighted by atomic mass is 14.3. The van der Waals surface area contributed by atoms with E-state index in [0.717, 1.165) is 11.8 Å². The van der Waals surface area contributed by atoms with E-state index in [2.05, 4.69) is 39.0 Å². The topological polar surface area (TPSA) is 0 Å². The average Bonchev–Trinajstić information content (AvgIpc) is 2.82. The van der Waals surface area contributed by atoms with Crippen molar-refractivity contribution < 1.29 is 0 Å². The first-order valence-electron chi connectivity index (χ1n) is 5.75. The fourth-order valence-corrected chi connectivity index (χ4v) is 2.14. The van der Waals surface area contributed by atoms with Crippen LogP contribution in [0.1, 0.15) is 49.3 Å². The van der Waals surface area contributed by atoms with E-state index < -0.39 is 0 Å². The first-order valence-corrected chi connectivity index (χ1v) is 5.75. The van der Waals surface area contributed by atoms with Crippen LogP contribution in [0.4, 0.5) is 0 Å². The standard InChI is InChI=1S/C14H20/c1-10(2)6-12-7-11(3)8-14(9-12)13-4-5-13/h7-10,13H,4-6H2,1-3H3. The van der Waals surface area contributed by atoms with Gasteiger partial charge < -0.3 is 0 Å². The van der Waals surface area contributed by atoms with Crippen molar-refractivity contribution >= 4 is 0 Å². The fraction of sp³-hybridized carbons (Fsp3) is 0.571. The number of benzene rings is 1. The van der Waals surface area contributed by atoms with Gasteiger partial charge in [-0.2, -0.15) is 0 Å². The predicted octanol–water partition coefficient (Wildman–Crippen LogP) is 4.07. The van der Waals surface area contributed by atoms with E-state index in [-0.39, 0.29) is 0 Å². The molecule has 1 aliphatic rings. The lowest BCUT2D eigenvalue weighted by atomic mass is 9.97. The molecule has 0 spiro atoms. The monoisotopic (exact) mass is 188 g/mol. The molecule has 0 N–H and O–H groups in total. The summed E-state index contributed by atoms with van der Waals surface area (Å²) in [6.07, 6.45) is 4.04. The van der Waals surface area contributed by atoms with Gasteiger partial charge in [-0.3, -0.25) is 0 Å². The Balaban J connectivity index is 2.22. The molecule has 0 unspecified atom stereocenters. The minimum Gasteiger partial charge on any atom is -0.0625 e. The molecule has 0 aliphatic heterocycles. The second-order valence-electron chi connectivity index (χ2n) is 5.12. The summed E-state index contributed by atoms with van der Waals surface area (Å²) in [5.41, 5.74) is 4.55. The van der Waals surface area contributed by atoms with Crippen molar-refractivity contribution in [2.45, 2.75) is 46.0 Å². The van der Waals surface area contributed by atoms with Crippen molar-refractivity contribution in [1.82, 2.24) is 0 Å². The molecule has 1 aliphatic carbocycles. The van der Waals surface area contributed by atoms with Crippen LogP contribution in [-0.2, 0) is 6.42 Å². The summed E-state index contributed by atoms with van der Waals surface area (Å²) in [5.74, 6) is 1.66. The Kier molecular flexibility index (Phi) is 2.62. The maximum atomic E-state index is 2.42. The highest BCUT2D eigenvalue weighted by Gasteiger charge is 2.23. The van der Waals surface area contributed by atoms with Gasteiger partial charge in [-0.05, 0) is 49.1 Å². The third kappa shape index (κ3) is 2.37. The van der Waals surface area contributed by atoms with E-state index in [1.807, 2.05) is 0 Å². The molecule has 0 heterocycles. The summed E-state index contributed by atoms with van der Waals surface area (Å²) < 4.78 is 0. The van der Waals surface area contributed by atoms with E-state index >= 15 is 0 Å². The number of aryl methyl sites for hydroxylation is 1. The van der Waals surface area contributed by atoms with Gasteiger partial charge in [0.25, 0.3) is 0 Å². The van der Waals surface area contributed by atoms with Gasteiger partial charge in [-0.25, -0.2) is 0 Å². The Bertz CT molecular complexity index is 319. The van der Waals surface area contributed by atoms with E-state index in [9.17, 15) is 0 Å². The molecule has 0 heteroatoms. The molecule has 76 valence electrons. The Morgan fingerprint density at radius 3 is 2.50 bits per heavy atom. The number of hydrogen-bond donors (Lipinski definition) is 0. The summed E-state index contributed by atoms with van der Waals surface area (Å²) in [4.78, 5) is 0. The fourth-order valence-electron chi connectivity index (χ4n) is 2.14. The minimum absolute atomic E-state index is 0.767. The normalized spacial score (nSPS) is 16.3. The molecule has 0 nitrogen and oxygen atoms in total. The Morgan fingerprint density at radius 1 is 1.21 bits per heavy atom. The lowest BCUT2D eigenvalue weighted by molar-refractivity contribution is 0.646. The van der Waals surface area contributed by atoms with E-state index in [0.29, 0.717) is 0 Å². The van der Waals surface area contributed by atoms with Crippen LogP contribution < -0.4 is 0 Å². The second-order valence-corrected chi connectivity index (χ2v) is 5.12. The first-order chi connectivity index (χ1) is 6.65. The van der Waals surface area contributed by atoms with Crippen LogP contribution in [0, 0.1) is 12.8 Å². The quantitative estimate of drug-likeness (QED) is 0.670. The highest BCUT2D eigenvalue weighted by molar-refractivity contribution is 5.33. The molecule has 0 amide bonds. The largest absolute Gasteiger partial charge is 0.0625 e. The van der Waals surface area contributed by atoms with Gasteiger partial charge in [0, 0.05) is 0 Å². The van der Waals surface area contributed by atoms with Crippen LogP contribution in [0.2, 0.25) is 0 Å². The zero-order chi connectivity index (χ0) is 10.1. The zero-order valence-corrected chi connectivity index (χ0v) is 9.51. The first kappa shape index (κ1) is 9.76. The van der Waals surface area contributed by atoms with Gasteiger partial charge in [0.2, 0.25) is 0 Å². The van der Waals surface area contributed by atoms with Gasteiger partial charge in [0.05, 0.1) is 0 Å². The molecule has 0 aromatic heterocycles. The van der Waals surface area contributed by atoms with E-state index in [4.69, 9.17) is 0 Å². The number of hydrogen-bond acceptors (Lipinski definition) is 0. The average molecular weight is 188 g/mol. The zero-order valence-electron chi connectivity index (χ0n) is 9.51. The predicted molar refractivity (Wildman–Crippen MR) is 61.7 cm³/mol. The summed E-state index contributed by atoms with van der Waals surface area (Å²) in [5, 5.41) is 0. The maximum Gasteiger partial charge on any atom is -0.0161 e. The Labute approximate surface area is 87.3 Å². The van der Waals surface area contributed by atoms with Crippen LogP contribution in [0.15, 0.2) is 18.2 Å². The Morgan fingerprint density at radius 2 is 1.93 bits per heavy atom. The molecule has 0 atom stereocenters. The molecule has 1 fully saturated rings. The molecular formula is C14H20. The van der Waals surface area contributed by atoms with Gasteiger partial charge in [0.1, 0.15) is 0 Å². The SMILES string of the molecule is Cc1cc(CC(C)C)cc(C2CC2)c1. The molecular weight excluding hydrogens is 168 g/mol. The molecule has 1 aromatic carbocycles. The minimum atomic E-state index is 0.767. The van der Waals surface area contributed by atoms with Crippen molar-refractivity contribution in [2.75, 3.05) is 0 Å². The van der Waals surface area contributed by atoms with Crippen molar-refractivity contribution in [3.8, 4) is 0 Å². The molecule has 14 heavy (non-hydrogen) atoms. The van der Waals surface area contributed by atoms with Crippen molar-refractivity contribution in [3.05, 3.63) is 34.9 Å². The third-order valence-corrected chi connectivity index (χ3v) is 2.85. The van der Waals surface area contributed by atoms with Crippen LogP contribution in [0.3, 0.4) is 0 Å². The van der Waals surface area contributed by atoms with Crippen LogP contribution in [0.5, 0.6) is 0 Å². The molecule has 1 saturated carbocycles. The van der Waals surface area contributed by atoms with Crippen LogP contribution in [0.25, 0.3) is 0 Å². The van der Waals surface area contributed by atoms with E-state index in [1.165, 1.54) is 30.4 Å². The smallest absolute Gasteiger partial charge is 0.0161 e. The summed E-state index contributed by atoms with van der Waals surface area (Å²) in [7, 11) is 0. The molecule has 0 bridgehead atoms. The van der Waals surface area contributed by atoms with Crippen molar-refractivity contribution in [1.29, 1.82) is 0 Å². The Hall–Kier alpha value is -0.780. The van der Waals surface area contributed by atoms with Gasteiger partial charge in [-0.15, -0.1) is 0 Å². The molecule has 0 saturated heterocycles. The van der Waals surface area contributed by atoms with Gasteiger partial charge in [-0.1, -0.05) is 37.6 Å². The summed E-state index contributed by atoms with van der Waals surface area (Å²) in [6.45, 7) is 6.80.